The van der Waals surface area contributed by atoms with Crippen molar-refractivity contribution >= 4 is 28.3 Å². The first kappa shape index (κ1) is 12.3. The topological polar surface area (TPSA) is 54.3 Å². The van der Waals surface area contributed by atoms with E-state index in [0.29, 0.717) is 11.3 Å². The zero-order valence-electron chi connectivity index (χ0n) is 11.0. The van der Waals surface area contributed by atoms with E-state index < -0.39 is 0 Å². The number of carbonyl (C=O) groups excluding carboxylic acids is 1. The van der Waals surface area contributed by atoms with Gasteiger partial charge in [-0.1, -0.05) is 12.1 Å². The average molecular weight is 266 g/mol. The zero-order valence-corrected chi connectivity index (χ0v) is 11.0. The van der Waals surface area contributed by atoms with Crippen molar-refractivity contribution in [2.45, 2.75) is 0 Å². The molecule has 0 saturated carbocycles. The molecule has 3 rings (SSSR count). The summed E-state index contributed by atoms with van der Waals surface area (Å²) in [7, 11) is 1.84. The maximum absolute atomic E-state index is 12.2. The Hall–Kier alpha value is -2.75. The van der Waals surface area contributed by atoms with E-state index in [1.165, 1.54) is 0 Å². The summed E-state index contributed by atoms with van der Waals surface area (Å²) < 4.78 is 5.40. The Kier molecular flexibility index (Phi) is 3.13. The quantitative estimate of drug-likeness (QED) is 0.759. The van der Waals surface area contributed by atoms with Gasteiger partial charge in [-0.15, -0.1) is 0 Å². The first-order valence-corrected chi connectivity index (χ1v) is 6.33. The molecule has 0 fully saturated rings. The molecule has 4 heteroatoms. The van der Waals surface area contributed by atoms with Gasteiger partial charge in [-0.2, -0.15) is 0 Å². The van der Waals surface area contributed by atoms with Gasteiger partial charge in [-0.25, -0.2) is 0 Å². The fourth-order valence-corrected chi connectivity index (χ4v) is 2.06. The van der Waals surface area contributed by atoms with Crippen molar-refractivity contribution in [2.24, 2.45) is 0 Å². The number of benzene rings is 2. The minimum atomic E-state index is -0.154. The predicted molar refractivity (Wildman–Crippen MR) is 80.2 cm³/mol. The third-order valence-electron chi connectivity index (χ3n) is 3.16. The molecule has 0 unspecified atom stereocenters. The van der Waals surface area contributed by atoms with E-state index in [2.05, 4.69) is 10.6 Å². The second-order valence-corrected chi connectivity index (χ2v) is 4.43. The Morgan fingerprint density at radius 1 is 1.05 bits per heavy atom. The largest absolute Gasteiger partial charge is 0.462 e. The van der Waals surface area contributed by atoms with Gasteiger partial charge in [0.2, 0.25) is 0 Å². The van der Waals surface area contributed by atoms with Gasteiger partial charge in [0, 0.05) is 23.7 Å². The molecule has 2 aromatic carbocycles. The molecule has 0 spiro atoms. The molecular formula is C16H14N2O2. The Bertz CT molecular complexity index is 745. The van der Waals surface area contributed by atoms with Crippen molar-refractivity contribution in [2.75, 3.05) is 17.7 Å². The van der Waals surface area contributed by atoms with Gasteiger partial charge in [0.05, 0.1) is 5.69 Å². The van der Waals surface area contributed by atoms with Crippen molar-refractivity contribution in [3.8, 4) is 0 Å². The first-order valence-electron chi connectivity index (χ1n) is 6.33. The first-order chi connectivity index (χ1) is 9.78. The lowest BCUT2D eigenvalue weighted by Crippen LogP contribution is -2.11. The highest BCUT2D eigenvalue weighted by atomic mass is 16.3. The SMILES string of the molecule is CNc1ccc(C(=O)Nc2coc3ccccc23)cc1. The molecule has 0 bridgehead atoms. The van der Waals surface area contributed by atoms with Crippen LogP contribution >= 0.6 is 0 Å². The van der Waals surface area contributed by atoms with Crippen LogP contribution in [0.4, 0.5) is 11.4 Å². The molecule has 4 nitrogen and oxygen atoms in total. The number of furan rings is 1. The van der Waals surface area contributed by atoms with Gasteiger partial charge in [0.15, 0.2) is 0 Å². The van der Waals surface area contributed by atoms with Crippen molar-refractivity contribution < 1.29 is 9.21 Å². The molecule has 20 heavy (non-hydrogen) atoms. The second-order valence-electron chi connectivity index (χ2n) is 4.43. The van der Waals surface area contributed by atoms with E-state index in [-0.39, 0.29) is 5.91 Å². The third kappa shape index (κ3) is 2.23. The number of carbonyl (C=O) groups is 1. The number of hydrogen-bond donors (Lipinski definition) is 2. The molecule has 0 radical (unpaired) electrons. The van der Waals surface area contributed by atoms with Crippen molar-refractivity contribution in [3.05, 3.63) is 60.4 Å². The van der Waals surface area contributed by atoms with Crippen LogP contribution in [0.1, 0.15) is 10.4 Å². The summed E-state index contributed by atoms with van der Waals surface area (Å²) >= 11 is 0. The maximum atomic E-state index is 12.2. The van der Waals surface area contributed by atoms with Gasteiger partial charge in [0.25, 0.3) is 5.91 Å². The van der Waals surface area contributed by atoms with Gasteiger partial charge in [-0.3, -0.25) is 4.79 Å². The molecule has 0 atom stereocenters. The normalized spacial score (nSPS) is 10.4. The minimum absolute atomic E-state index is 0.154. The summed E-state index contributed by atoms with van der Waals surface area (Å²) in [5.74, 6) is -0.154. The Morgan fingerprint density at radius 2 is 1.80 bits per heavy atom. The Labute approximate surface area is 116 Å². The number of anilines is 2. The highest BCUT2D eigenvalue weighted by Crippen LogP contribution is 2.25. The maximum Gasteiger partial charge on any atom is 0.255 e. The van der Waals surface area contributed by atoms with Crippen LogP contribution in [0.3, 0.4) is 0 Å². The van der Waals surface area contributed by atoms with Crippen molar-refractivity contribution in [1.82, 2.24) is 0 Å². The average Bonchev–Trinajstić information content (AvgIpc) is 2.91. The summed E-state index contributed by atoms with van der Waals surface area (Å²) in [5, 5.41) is 6.78. The van der Waals surface area contributed by atoms with E-state index in [0.717, 1.165) is 16.7 Å². The highest BCUT2D eigenvalue weighted by Gasteiger charge is 2.10. The van der Waals surface area contributed by atoms with Gasteiger partial charge in [-0.05, 0) is 36.4 Å². The number of amides is 1. The fraction of sp³-hybridized carbons (Fsp3) is 0.0625. The summed E-state index contributed by atoms with van der Waals surface area (Å²) in [6.07, 6.45) is 1.56. The standard InChI is InChI=1S/C16H14N2O2/c1-17-12-8-6-11(7-9-12)16(19)18-14-10-20-15-5-3-2-4-13(14)15/h2-10,17H,1H3,(H,18,19). The lowest BCUT2D eigenvalue weighted by Gasteiger charge is -2.04. The van der Waals surface area contributed by atoms with E-state index in [1.54, 1.807) is 18.4 Å². The van der Waals surface area contributed by atoms with Gasteiger partial charge >= 0.3 is 0 Å². The van der Waals surface area contributed by atoms with Crippen LogP contribution in [0.2, 0.25) is 0 Å². The molecule has 0 aliphatic carbocycles. The molecule has 2 N–H and O–H groups in total. The molecule has 1 amide bonds. The minimum Gasteiger partial charge on any atom is -0.462 e. The zero-order chi connectivity index (χ0) is 13.9. The van der Waals surface area contributed by atoms with E-state index >= 15 is 0 Å². The van der Waals surface area contributed by atoms with Crippen LogP contribution < -0.4 is 10.6 Å². The molecule has 100 valence electrons. The molecule has 0 saturated heterocycles. The van der Waals surface area contributed by atoms with Gasteiger partial charge in [0.1, 0.15) is 11.8 Å². The van der Waals surface area contributed by atoms with Crippen LogP contribution in [-0.2, 0) is 0 Å². The van der Waals surface area contributed by atoms with Crippen LogP contribution in [-0.4, -0.2) is 13.0 Å². The molecule has 0 aliphatic rings. The van der Waals surface area contributed by atoms with E-state index in [4.69, 9.17) is 4.42 Å². The van der Waals surface area contributed by atoms with E-state index in [1.807, 2.05) is 43.4 Å². The van der Waals surface area contributed by atoms with Crippen LogP contribution in [0.25, 0.3) is 11.0 Å². The van der Waals surface area contributed by atoms with Crippen LogP contribution in [0.5, 0.6) is 0 Å². The molecule has 3 aromatic rings. The smallest absolute Gasteiger partial charge is 0.255 e. The summed E-state index contributed by atoms with van der Waals surface area (Å²) in [5.41, 5.74) is 3.02. The van der Waals surface area contributed by atoms with Crippen LogP contribution in [0.15, 0.2) is 59.2 Å². The summed E-state index contributed by atoms with van der Waals surface area (Å²) in [6, 6.07) is 14.9. The molecular weight excluding hydrogens is 252 g/mol. The van der Waals surface area contributed by atoms with Crippen molar-refractivity contribution in [3.63, 3.8) is 0 Å². The van der Waals surface area contributed by atoms with E-state index in [9.17, 15) is 4.79 Å². The predicted octanol–water partition coefficient (Wildman–Crippen LogP) is 3.73. The van der Waals surface area contributed by atoms with Crippen LogP contribution in [0, 0.1) is 0 Å². The lowest BCUT2D eigenvalue weighted by molar-refractivity contribution is 0.102. The number of fused-ring (bicyclic) bond motifs is 1. The number of rotatable bonds is 3. The second kappa shape index (κ2) is 5.09. The fourth-order valence-electron chi connectivity index (χ4n) is 2.06. The molecule has 0 aliphatic heterocycles. The number of hydrogen-bond acceptors (Lipinski definition) is 3. The molecule has 1 heterocycles. The summed E-state index contributed by atoms with van der Waals surface area (Å²) in [6.45, 7) is 0. The highest BCUT2D eigenvalue weighted by molar-refractivity contribution is 6.08. The Morgan fingerprint density at radius 3 is 2.55 bits per heavy atom. The van der Waals surface area contributed by atoms with Gasteiger partial charge < -0.3 is 15.1 Å². The number of para-hydroxylation sites is 1. The van der Waals surface area contributed by atoms with Crippen molar-refractivity contribution in [1.29, 1.82) is 0 Å². The molecule has 1 aromatic heterocycles. The Balaban J connectivity index is 1.84. The third-order valence-corrected chi connectivity index (χ3v) is 3.16. The summed E-state index contributed by atoms with van der Waals surface area (Å²) in [4.78, 5) is 12.2. The monoisotopic (exact) mass is 266 g/mol. The lowest BCUT2D eigenvalue weighted by atomic mass is 10.2. The number of nitrogens with one attached hydrogen (secondary N) is 2.